The molecule has 1 fully saturated rings. The van der Waals surface area contributed by atoms with Crippen molar-refractivity contribution in [2.24, 2.45) is 5.73 Å². The molecule has 4 rings (SSSR count). The van der Waals surface area contributed by atoms with Gasteiger partial charge in [0.15, 0.2) is 11.6 Å². The van der Waals surface area contributed by atoms with Gasteiger partial charge in [0.05, 0.1) is 10.5 Å². The Kier molecular flexibility index (Phi) is 8.53. The summed E-state index contributed by atoms with van der Waals surface area (Å²) in [4.78, 5) is 51.1. The van der Waals surface area contributed by atoms with Crippen LogP contribution in [0.25, 0.3) is 17.2 Å². The van der Waals surface area contributed by atoms with Crippen LogP contribution in [-0.2, 0) is 14.4 Å². The molecule has 4 N–H and O–H groups in total. The first-order valence-electron chi connectivity index (χ1n) is 11.3. The number of nitrogens with zero attached hydrogens (tertiary/aromatic N) is 1. The maximum atomic E-state index is 13.6. The molecule has 13 heteroatoms. The summed E-state index contributed by atoms with van der Waals surface area (Å²) in [5.74, 6) is -4.89. The number of amides is 3. The number of anilines is 1. The zero-order valence-corrected chi connectivity index (χ0v) is 22.3. The molecular weight excluding hydrogens is 568 g/mol. The standard InChI is InChI=1S/C26H19F2N3O5S3/c27-18-6-3-14(10-19(18)28)15-9-17(38-12-15)11-21-24(34)31(26(37)39-21)20(7-8-22(29)32)23(33)30-16-4-1-13(2-5-16)25(35)36/h1-6,9-12,20H,7-8H2,(H2,29,32)(H,30,33)(H,35,36)/b21-11-/t20-/m0/s1. The van der Waals surface area contributed by atoms with Crippen molar-refractivity contribution in [2.45, 2.75) is 18.9 Å². The number of hydrogen-bond donors (Lipinski definition) is 3. The highest BCUT2D eigenvalue weighted by atomic mass is 32.2. The number of thiocarbonyl (C=S) groups is 1. The molecule has 1 saturated heterocycles. The van der Waals surface area contributed by atoms with E-state index in [0.717, 1.165) is 28.8 Å². The van der Waals surface area contributed by atoms with Crippen LogP contribution in [0, 0.1) is 11.6 Å². The molecule has 3 amide bonds. The SMILES string of the molecule is NC(=O)CC[C@@H](C(=O)Nc1ccc(C(=O)O)cc1)N1C(=O)/C(=C/c2cc(-c3ccc(F)c(F)c3)cs2)SC1=S. The number of thiophene rings is 1. The smallest absolute Gasteiger partial charge is 0.335 e. The van der Waals surface area contributed by atoms with Gasteiger partial charge in [0.25, 0.3) is 5.91 Å². The van der Waals surface area contributed by atoms with Crippen LogP contribution < -0.4 is 11.1 Å². The van der Waals surface area contributed by atoms with Crippen molar-refractivity contribution >= 4 is 75.1 Å². The van der Waals surface area contributed by atoms with Crippen molar-refractivity contribution in [1.82, 2.24) is 4.90 Å². The van der Waals surface area contributed by atoms with Crippen LogP contribution in [0.2, 0.25) is 0 Å². The molecule has 0 bridgehead atoms. The normalized spacial score (nSPS) is 15.0. The molecule has 0 aliphatic carbocycles. The van der Waals surface area contributed by atoms with E-state index in [1.54, 1.807) is 17.5 Å². The zero-order valence-electron chi connectivity index (χ0n) is 19.9. The minimum absolute atomic E-state index is 0.0293. The third-order valence-electron chi connectivity index (χ3n) is 5.65. The molecule has 0 unspecified atom stereocenters. The first-order valence-corrected chi connectivity index (χ1v) is 13.4. The Labute approximate surface area is 234 Å². The van der Waals surface area contributed by atoms with Crippen molar-refractivity contribution < 1.29 is 33.1 Å². The summed E-state index contributed by atoms with van der Waals surface area (Å²) in [7, 11) is 0. The van der Waals surface area contributed by atoms with Gasteiger partial charge in [-0.2, -0.15) is 0 Å². The van der Waals surface area contributed by atoms with Crippen molar-refractivity contribution in [2.75, 3.05) is 5.32 Å². The zero-order chi connectivity index (χ0) is 28.3. The molecule has 200 valence electrons. The highest BCUT2D eigenvalue weighted by Crippen LogP contribution is 2.37. The van der Waals surface area contributed by atoms with Crippen LogP contribution in [0.4, 0.5) is 14.5 Å². The Bertz CT molecular complexity index is 1520. The number of primary amides is 1. The summed E-state index contributed by atoms with van der Waals surface area (Å²) in [5, 5.41) is 13.4. The third-order valence-corrected chi connectivity index (χ3v) is 7.86. The maximum absolute atomic E-state index is 13.6. The average molecular weight is 588 g/mol. The minimum atomic E-state index is -1.16. The number of halogens is 2. The molecular formula is C26H19F2N3O5S3. The fourth-order valence-corrected chi connectivity index (χ4v) is 5.98. The quantitative estimate of drug-likeness (QED) is 0.241. The molecule has 1 aliphatic heterocycles. The van der Waals surface area contributed by atoms with Gasteiger partial charge in [0.2, 0.25) is 11.8 Å². The molecule has 2 heterocycles. The number of carboxylic acids is 1. The van der Waals surface area contributed by atoms with Gasteiger partial charge in [-0.15, -0.1) is 11.3 Å². The summed E-state index contributed by atoms with van der Waals surface area (Å²) in [5.41, 5.74) is 6.70. The number of carbonyl (C=O) groups excluding carboxylic acids is 3. The van der Waals surface area contributed by atoms with Gasteiger partial charge < -0.3 is 16.2 Å². The molecule has 1 atom stereocenters. The number of nitrogens with one attached hydrogen (secondary N) is 1. The topological polar surface area (TPSA) is 130 Å². The number of nitrogens with two attached hydrogens (primary N) is 1. The van der Waals surface area contributed by atoms with E-state index in [-0.39, 0.29) is 27.6 Å². The van der Waals surface area contributed by atoms with Gasteiger partial charge in [-0.3, -0.25) is 19.3 Å². The predicted molar refractivity (Wildman–Crippen MR) is 149 cm³/mol. The lowest BCUT2D eigenvalue weighted by Gasteiger charge is -2.25. The van der Waals surface area contributed by atoms with Crippen LogP contribution in [0.5, 0.6) is 0 Å². The summed E-state index contributed by atoms with van der Waals surface area (Å²) in [6, 6.07) is 9.54. The number of aromatic carboxylic acids is 1. The van der Waals surface area contributed by atoms with Crippen LogP contribution in [-0.4, -0.2) is 44.1 Å². The molecule has 0 spiro atoms. The number of carboxylic acid groups (broad SMARTS) is 1. The van der Waals surface area contributed by atoms with E-state index >= 15 is 0 Å². The number of thioether (sulfide) groups is 1. The van der Waals surface area contributed by atoms with Gasteiger partial charge in [0.1, 0.15) is 10.4 Å². The van der Waals surface area contributed by atoms with Gasteiger partial charge in [-0.05, 0) is 71.5 Å². The van der Waals surface area contributed by atoms with Crippen LogP contribution in [0.3, 0.4) is 0 Å². The second-order valence-electron chi connectivity index (χ2n) is 8.31. The van der Waals surface area contributed by atoms with E-state index in [1.165, 1.54) is 41.7 Å². The molecule has 1 aromatic heterocycles. The lowest BCUT2D eigenvalue weighted by molar-refractivity contribution is -0.130. The van der Waals surface area contributed by atoms with E-state index in [2.05, 4.69) is 5.32 Å². The van der Waals surface area contributed by atoms with Crippen molar-refractivity contribution in [3.63, 3.8) is 0 Å². The fourth-order valence-electron chi connectivity index (χ4n) is 3.71. The monoisotopic (exact) mass is 587 g/mol. The molecule has 2 aromatic carbocycles. The van der Waals surface area contributed by atoms with E-state index in [4.69, 9.17) is 23.1 Å². The highest BCUT2D eigenvalue weighted by molar-refractivity contribution is 8.26. The largest absolute Gasteiger partial charge is 0.478 e. The van der Waals surface area contributed by atoms with Crippen LogP contribution >= 0.6 is 35.3 Å². The third kappa shape index (κ3) is 6.56. The number of hydrogen-bond acceptors (Lipinski definition) is 7. The molecule has 3 aromatic rings. The summed E-state index contributed by atoms with van der Waals surface area (Å²) in [6.45, 7) is 0. The maximum Gasteiger partial charge on any atom is 0.335 e. The second-order valence-corrected chi connectivity index (χ2v) is 10.9. The lowest BCUT2D eigenvalue weighted by Crippen LogP contribution is -2.46. The molecule has 0 saturated carbocycles. The molecule has 8 nitrogen and oxygen atoms in total. The first-order chi connectivity index (χ1) is 18.5. The summed E-state index contributed by atoms with van der Waals surface area (Å²) in [6.07, 6.45) is 1.31. The van der Waals surface area contributed by atoms with Crippen LogP contribution in [0.1, 0.15) is 28.1 Å². The molecule has 39 heavy (non-hydrogen) atoms. The van der Waals surface area contributed by atoms with Crippen molar-refractivity contribution in [3.05, 3.63) is 80.9 Å². The number of carbonyl (C=O) groups is 4. The van der Waals surface area contributed by atoms with Crippen molar-refractivity contribution in [1.29, 1.82) is 0 Å². The molecule has 1 aliphatic rings. The van der Waals surface area contributed by atoms with E-state index in [9.17, 15) is 28.0 Å². The Balaban J connectivity index is 1.55. The second kappa shape index (κ2) is 11.8. The molecule has 0 radical (unpaired) electrons. The Morgan fingerprint density at radius 2 is 1.79 bits per heavy atom. The Morgan fingerprint density at radius 1 is 1.08 bits per heavy atom. The van der Waals surface area contributed by atoms with Crippen LogP contribution in [0.15, 0.2) is 58.8 Å². The van der Waals surface area contributed by atoms with E-state index < -0.39 is 41.4 Å². The minimum Gasteiger partial charge on any atom is -0.478 e. The van der Waals surface area contributed by atoms with E-state index in [1.807, 2.05) is 0 Å². The Hall–Kier alpha value is -3.94. The van der Waals surface area contributed by atoms with Gasteiger partial charge in [-0.1, -0.05) is 30.0 Å². The summed E-state index contributed by atoms with van der Waals surface area (Å²) >= 11 is 7.66. The lowest BCUT2D eigenvalue weighted by atomic mass is 10.1. The summed E-state index contributed by atoms with van der Waals surface area (Å²) < 4.78 is 27.0. The number of benzene rings is 2. The van der Waals surface area contributed by atoms with Gasteiger partial charge in [-0.25, -0.2) is 13.6 Å². The Morgan fingerprint density at radius 3 is 2.44 bits per heavy atom. The highest BCUT2D eigenvalue weighted by Gasteiger charge is 2.40. The van der Waals surface area contributed by atoms with Gasteiger partial charge in [0, 0.05) is 17.0 Å². The van der Waals surface area contributed by atoms with Gasteiger partial charge >= 0.3 is 5.97 Å². The van der Waals surface area contributed by atoms with Crippen molar-refractivity contribution in [3.8, 4) is 11.1 Å². The number of rotatable bonds is 9. The van der Waals surface area contributed by atoms with E-state index in [0.29, 0.717) is 21.7 Å². The fraction of sp³-hybridized carbons (Fsp3) is 0.115. The average Bonchev–Trinajstić information content (AvgIpc) is 3.46. The first kappa shape index (κ1) is 28.1. The predicted octanol–water partition coefficient (Wildman–Crippen LogP) is 4.87.